The first-order valence-electron chi connectivity index (χ1n) is 6.90. The molecule has 3 rings (SSSR count). The highest BCUT2D eigenvalue weighted by Crippen LogP contribution is 2.32. The van der Waals surface area contributed by atoms with Crippen molar-refractivity contribution in [1.29, 1.82) is 0 Å². The predicted molar refractivity (Wildman–Crippen MR) is 78.8 cm³/mol. The molecule has 0 unspecified atom stereocenters. The lowest BCUT2D eigenvalue weighted by Crippen LogP contribution is -2.09. The minimum Gasteiger partial charge on any atom is -0.457 e. The molecular formula is C17H16O5. The van der Waals surface area contributed by atoms with Crippen LogP contribution in [-0.2, 0) is 22.7 Å². The van der Waals surface area contributed by atoms with Gasteiger partial charge in [0.25, 0.3) is 0 Å². The highest BCUT2D eigenvalue weighted by molar-refractivity contribution is 5.91. The molecule has 0 amide bonds. The van der Waals surface area contributed by atoms with Gasteiger partial charge < -0.3 is 18.9 Å². The predicted octanol–water partition coefficient (Wildman–Crippen LogP) is 2.92. The summed E-state index contributed by atoms with van der Waals surface area (Å²) in [5.74, 6) is 1.01. The fourth-order valence-electron chi connectivity index (χ4n) is 2.26. The van der Waals surface area contributed by atoms with Crippen LogP contribution < -0.4 is 9.47 Å². The number of hydrogen-bond donors (Lipinski definition) is 0. The van der Waals surface area contributed by atoms with Crippen LogP contribution in [0.5, 0.6) is 11.5 Å². The zero-order valence-corrected chi connectivity index (χ0v) is 12.2. The van der Waals surface area contributed by atoms with Gasteiger partial charge in [-0.05, 0) is 29.3 Å². The molecule has 2 aromatic rings. The van der Waals surface area contributed by atoms with Crippen molar-refractivity contribution in [2.75, 3.05) is 13.9 Å². The molecule has 0 N–H and O–H groups in total. The summed E-state index contributed by atoms with van der Waals surface area (Å²) in [7, 11) is 1.59. The SMILES string of the molecule is COCc1ccccc1C(=O)OCc1ccc2c(c1)OCO2. The minimum atomic E-state index is -0.370. The average molecular weight is 300 g/mol. The molecule has 114 valence electrons. The number of rotatable bonds is 5. The van der Waals surface area contributed by atoms with Crippen LogP contribution in [-0.4, -0.2) is 19.9 Å². The molecule has 0 bridgehead atoms. The van der Waals surface area contributed by atoms with Gasteiger partial charge in [-0.15, -0.1) is 0 Å². The normalized spacial score (nSPS) is 12.2. The molecule has 5 heteroatoms. The van der Waals surface area contributed by atoms with Gasteiger partial charge >= 0.3 is 5.97 Å². The molecular weight excluding hydrogens is 284 g/mol. The molecule has 0 radical (unpaired) electrons. The third kappa shape index (κ3) is 3.04. The van der Waals surface area contributed by atoms with Crippen LogP contribution in [0.2, 0.25) is 0 Å². The summed E-state index contributed by atoms with van der Waals surface area (Å²) >= 11 is 0. The van der Waals surface area contributed by atoms with E-state index in [-0.39, 0.29) is 19.4 Å². The lowest BCUT2D eigenvalue weighted by molar-refractivity contribution is 0.0467. The van der Waals surface area contributed by atoms with Crippen molar-refractivity contribution in [3.8, 4) is 11.5 Å². The summed E-state index contributed by atoms with van der Waals surface area (Å²) in [5.41, 5.74) is 2.17. The highest BCUT2D eigenvalue weighted by atomic mass is 16.7. The zero-order valence-electron chi connectivity index (χ0n) is 12.2. The highest BCUT2D eigenvalue weighted by Gasteiger charge is 2.15. The van der Waals surface area contributed by atoms with E-state index in [1.807, 2.05) is 30.3 Å². The van der Waals surface area contributed by atoms with Crippen molar-refractivity contribution in [3.63, 3.8) is 0 Å². The van der Waals surface area contributed by atoms with Gasteiger partial charge in [-0.3, -0.25) is 0 Å². The largest absolute Gasteiger partial charge is 0.457 e. The van der Waals surface area contributed by atoms with Crippen LogP contribution in [0.1, 0.15) is 21.5 Å². The van der Waals surface area contributed by atoms with E-state index < -0.39 is 0 Å². The zero-order chi connectivity index (χ0) is 15.4. The smallest absolute Gasteiger partial charge is 0.338 e. The van der Waals surface area contributed by atoms with Crippen LogP contribution in [0.25, 0.3) is 0 Å². The second-order valence-electron chi connectivity index (χ2n) is 4.85. The molecule has 1 heterocycles. The molecule has 1 aliphatic heterocycles. The summed E-state index contributed by atoms with van der Waals surface area (Å²) in [4.78, 5) is 12.2. The van der Waals surface area contributed by atoms with Gasteiger partial charge in [-0.2, -0.15) is 0 Å². The van der Waals surface area contributed by atoms with Crippen LogP contribution in [0.3, 0.4) is 0 Å². The maximum Gasteiger partial charge on any atom is 0.338 e. The second kappa shape index (κ2) is 6.49. The molecule has 2 aromatic carbocycles. The number of methoxy groups -OCH3 is 1. The first-order valence-corrected chi connectivity index (χ1v) is 6.90. The monoisotopic (exact) mass is 300 g/mol. The maximum absolute atomic E-state index is 12.2. The van der Waals surface area contributed by atoms with E-state index >= 15 is 0 Å². The van der Waals surface area contributed by atoms with Crippen molar-refractivity contribution in [3.05, 3.63) is 59.2 Å². The van der Waals surface area contributed by atoms with Gasteiger partial charge in [0.2, 0.25) is 6.79 Å². The molecule has 0 saturated carbocycles. The number of ether oxygens (including phenoxy) is 4. The summed E-state index contributed by atoms with van der Waals surface area (Å²) in [6.07, 6.45) is 0. The third-order valence-corrected chi connectivity index (χ3v) is 3.34. The van der Waals surface area contributed by atoms with Gasteiger partial charge in [0.05, 0.1) is 12.2 Å². The van der Waals surface area contributed by atoms with Gasteiger partial charge in [-0.25, -0.2) is 4.79 Å². The summed E-state index contributed by atoms with van der Waals surface area (Å²) in [5, 5.41) is 0. The Morgan fingerprint density at radius 1 is 1.09 bits per heavy atom. The Balaban J connectivity index is 1.67. The maximum atomic E-state index is 12.2. The molecule has 0 aromatic heterocycles. The van der Waals surface area contributed by atoms with E-state index in [2.05, 4.69) is 0 Å². The van der Waals surface area contributed by atoms with Crippen LogP contribution in [0.4, 0.5) is 0 Å². The Morgan fingerprint density at radius 2 is 1.91 bits per heavy atom. The summed E-state index contributed by atoms with van der Waals surface area (Å²) in [6.45, 7) is 0.773. The van der Waals surface area contributed by atoms with E-state index in [9.17, 15) is 4.79 Å². The Bertz CT molecular complexity index is 680. The van der Waals surface area contributed by atoms with Crippen molar-refractivity contribution in [1.82, 2.24) is 0 Å². The number of fused-ring (bicyclic) bond motifs is 1. The van der Waals surface area contributed by atoms with E-state index in [0.717, 1.165) is 11.1 Å². The average Bonchev–Trinajstić information content (AvgIpc) is 3.01. The van der Waals surface area contributed by atoms with Gasteiger partial charge in [-0.1, -0.05) is 24.3 Å². The summed E-state index contributed by atoms with van der Waals surface area (Å²) in [6, 6.07) is 12.7. The molecule has 0 spiro atoms. The van der Waals surface area contributed by atoms with E-state index in [0.29, 0.717) is 23.7 Å². The first-order chi connectivity index (χ1) is 10.8. The van der Waals surface area contributed by atoms with Crippen molar-refractivity contribution < 1.29 is 23.7 Å². The number of carbonyl (C=O) groups is 1. The third-order valence-electron chi connectivity index (χ3n) is 3.34. The Hall–Kier alpha value is -2.53. The molecule has 0 aliphatic carbocycles. The van der Waals surface area contributed by atoms with Crippen LogP contribution in [0, 0.1) is 0 Å². The molecule has 0 saturated heterocycles. The van der Waals surface area contributed by atoms with Crippen molar-refractivity contribution >= 4 is 5.97 Å². The molecule has 5 nitrogen and oxygen atoms in total. The lowest BCUT2D eigenvalue weighted by atomic mass is 10.1. The van der Waals surface area contributed by atoms with E-state index in [1.54, 1.807) is 19.2 Å². The number of hydrogen-bond acceptors (Lipinski definition) is 5. The molecule has 0 atom stereocenters. The number of benzene rings is 2. The fraction of sp³-hybridized carbons (Fsp3) is 0.235. The van der Waals surface area contributed by atoms with Crippen molar-refractivity contribution in [2.45, 2.75) is 13.2 Å². The molecule has 1 aliphatic rings. The Morgan fingerprint density at radius 3 is 2.77 bits per heavy atom. The Labute approximate surface area is 128 Å². The first kappa shape index (κ1) is 14.4. The standard InChI is InChI=1S/C17H16O5/c1-19-10-13-4-2-3-5-14(13)17(18)20-9-12-6-7-15-16(8-12)22-11-21-15/h2-8H,9-11H2,1H3. The van der Waals surface area contributed by atoms with Gasteiger partial charge in [0.1, 0.15) is 6.61 Å². The minimum absolute atomic E-state index is 0.177. The van der Waals surface area contributed by atoms with E-state index in [1.165, 1.54) is 0 Å². The fourth-order valence-corrected chi connectivity index (χ4v) is 2.26. The topological polar surface area (TPSA) is 54.0 Å². The summed E-state index contributed by atoms with van der Waals surface area (Å²) < 4.78 is 21.0. The number of carbonyl (C=O) groups excluding carboxylic acids is 1. The van der Waals surface area contributed by atoms with E-state index in [4.69, 9.17) is 18.9 Å². The van der Waals surface area contributed by atoms with Gasteiger partial charge in [0, 0.05) is 7.11 Å². The van der Waals surface area contributed by atoms with Crippen LogP contribution >= 0.6 is 0 Å². The quantitative estimate of drug-likeness (QED) is 0.795. The Kier molecular flexibility index (Phi) is 4.25. The lowest BCUT2D eigenvalue weighted by Gasteiger charge is -2.09. The number of esters is 1. The second-order valence-corrected chi connectivity index (χ2v) is 4.85. The molecule has 22 heavy (non-hydrogen) atoms. The van der Waals surface area contributed by atoms with Crippen LogP contribution in [0.15, 0.2) is 42.5 Å². The van der Waals surface area contributed by atoms with Crippen molar-refractivity contribution in [2.24, 2.45) is 0 Å². The molecule has 0 fully saturated rings. The van der Waals surface area contributed by atoms with Gasteiger partial charge in [0.15, 0.2) is 11.5 Å².